The van der Waals surface area contributed by atoms with E-state index in [0.29, 0.717) is 16.0 Å². The van der Waals surface area contributed by atoms with Crippen LogP contribution < -0.4 is 0 Å². The Morgan fingerprint density at radius 2 is 1.69 bits per heavy atom. The van der Waals surface area contributed by atoms with E-state index < -0.39 is 5.97 Å². The lowest BCUT2D eigenvalue weighted by molar-refractivity contribution is -0.125. The number of Topliss-reactive ketones (excluding diaryl/α,β-unsaturated/α-hetero) is 1. The topological polar surface area (TPSA) is 63.7 Å². The molecule has 5 nitrogen and oxygen atoms in total. The van der Waals surface area contributed by atoms with Gasteiger partial charge in [0.05, 0.1) is 11.3 Å². The van der Waals surface area contributed by atoms with Gasteiger partial charge in [-0.25, -0.2) is 4.79 Å². The van der Waals surface area contributed by atoms with Gasteiger partial charge in [0.25, 0.3) is 0 Å². The fourth-order valence-corrected chi connectivity index (χ4v) is 4.25. The second kappa shape index (κ2) is 9.74. The number of rotatable bonds is 7. The van der Waals surface area contributed by atoms with Crippen LogP contribution in [0.2, 0.25) is 0 Å². The van der Waals surface area contributed by atoms with Gasteiger partial charge in [0.2, 0.25) is 5.91 Å². The number of nitrogens with zero attached hydrogens (tertiary/aromatic N) is 1. The minimum Gasteiger partial charge on any atom is -0.457 e. The number of amides is 1. The van der Waals surface area contributed by atoms with Gasteiger partial charge >= 0.3 is 5.97 Å². The van der Waals surface area contributed by atoms with Crippen LogP contribution in [0.25, 0.3) is 0 Å². The van der Waals surface area contributed by atoms with Crippen molar-refractivity contribution in [3.05, 3.63) is 63.7 Å². The van der Waals surface area contributed by atoms with E-state index in [4.69, 9.17) is 4.74 Å². The van der Waals surface area contributed by atoms with Gasteiger partial charge in [-0.1, -0.05) is 18.2 Å². The van der Waals surface area contributed by atoms with Crippen LogP contribution in [0.5, 0.6) is 0 Å². The number of ketones is 1. The molecule has 0 saturated carbocycles. The number of esters is 1. The van der Waals surface area contributed by atoms with Crippen molar-refractivity contribution in [1.29, 1.82) is 0 Å². The molecule has 0 saturated heterocycles. The Bertz CT molecular complexity index is 950. The smallest absolute Gasteiger partial charge is 0.339 e. The van der Waals surface area contributed by atoms with E-state index >= 15 is 0 Å². The molecule has 2 aromatic rings. The van der Waals surface area contributed by atoms with Gasteiger partial charge in [-0.05, 0) is 62.1 Å². The molecule has 0 unspecified atom stereocenters. The summed E-state index contributed by atoms with van der Waals surface area (Å²) in [5, 5.41) is 0. The molecule has 2 aromatic carbocycles. The van der Waals surface area contributed by atoms with Crippen LogP contribution in [0.1, 0.15) is 49.9 Å². The summed E-state index contributed by atoms with van der Waals surface area (Å²) in [5.41, 5.74) is 4.72. The molecule has 0 aromatic heterocycles. The zero-order chi connectivity index (χ0) is 21.7. The number of hydrogen-bond acceptors (Lipinski definition) is 5. The van der Waals surface area contributed by atoms with E-state index in [-0.39, 0.29) is 24.1 Å². The van der Waals surface area contributed by atoms with E-state index in [9.17, 15) is 14.4 Å². The molecule has 154 valence electrons. The highest BCUT2D eigenvalue weighted by Gasteiger charge is 2.18. The monoisotopic (exact) mass is 413 g/mol. The maximum atomic E-state index is 12.7. The number of benzene rings is 2. The molecule has 0 bridgehead atoms. The number of thioether (sulfide) groups is 1. The first-order valence-electron chi connectivity index (χ1n) is 9.33. The zero-order valence-electron chi connectivity index (χ0n) is 17.8. The summed E-state index contributed by atoms with van der Waals surface area (Å²) >= 11 is 1.31. The molecular formula is C23H27NO4S. The Kier molecular flexibility index (Phi) is 7.62. The van der Waals surface area contributed by atoms with Crippen molar-refractivity contribution in [3.63, 3.8) is 0 Å². The van der Waals surface area contributed by atoms with Crippen LogP contribution >= 0.6 is 11.8 Å². The standard InChI is InChI=1S/C23H27NO4S/c1-14-11-15(2)22(17(4)25)16(3)19(14)12-28-23(27)18-9-7-8-10-20(18)29-13-21(26)24(5)6/h7-11H,12-13H2,1-6H3. The average Bonchev–Trinajstić information content (AvgIpc) is 2.65. The van der Waals surface area contributed by atoms with E-state index in [1.807, 2.05) is 32.9 Å². The number of ether oxygens (including phenoxy) is 1. The van der Waals surface area contributed by atoms with Crippen LogP contribution in [-0.2, 0) is 16.1 Å². The van der Waals surface area contributed by atoms with E-state index in [1.165, 1.54) is 16.7 Å². The highest BCUT2D eigenvalue weighted by atomic mass is 32.2. The Morgan fingerprint density at radius 1 is 1.03 bits per heavy atom. The van der Waals surface area contributed by atoms with Crippen molar-refractivity contribution in [2.75, 3.05) is 19.8 Å². The van der Waals surface area contributed by atoms with Crippen molar-refractivity contribution >= 4 is 29.4 Å². The lowest BCUT2D eigenvalue weighted by Crippen LogP contribution is -2.23. The summed E-state index contributed by atoms with van der Waals surface area (Å²) in [5.74, 6) is -0.231. The third-order valence-electron chi connectivity index (χ3n) is 4.79. The Morgan fingerprint density at radius 3 is 2.31 bits per heavy atom. The minimum absolute atomic E-state index is 0.000110. The molecule has 0 aliphatic heterocycles. The summed E-state index contributed by atoms with van der Waals surface area (Å²) in [6.07, 6.45) is 0. The summed E-state index contributed by atoms with van der Waals surface area (Å²) < 4.78 is 5.59. The molecule has 29 heavy (non-hydrogen) atoms. The van der Waals surface area contributed by atoms with Crippen LogP contribution in [0.3, 0.4) is 0 Å². The SMILES string of the molecule is CC(=O)c1c(C)cc(C)c(COC(=O)c2ccccc2SCC(=O)N(C)C)c1C. The van der Waals surface area contributed by atoms with Crippen LogP contribution in [0.4, 0.5) is 0 Å². The third-order valence-corrected chi connectivity index (χ3v) is 5.85. The molecule has 0 atom stereocenters. The summed E-state index contributed by atoms with van der Waals surface area (Å²) in [7, 11) is 3.40. The first-order valence-corrected chi connectivity index (χ1v) is 10.3. The zero-order valence-corrected chi connectivity index (χ0v) is 18.6. The fraction of sp³-hybridized carbons (Fsp3) is 0.348. The maximum Gasteiger partial charge on any atom is 0.339 e. The predicted molar refractivity (Wildman–Crippen MR) is 116 cm³/mol. The molecule has 0 aliphatic carbocycles. The predicted octanol–water partition coefficient (Wildman–Crippen LogP) is 4.35. The van der Waals surface area contributed by atoms with Crippen LogP contribution in [-0.4, -0.2) is 42.4 Å². The van der Waals surface area contributed by atoms with Crippen molar-refractivity contribution in [2.45, 2.75) is 39.2 Å². The van der Waals surface area contributed by atoms with Crippen LogP contribution in [0, 0.1) is 20.8 Å². The highest BCUT2D eigenvalue weighted by Crippen LogP contribution is 2.26. The van der Waals surface area contributed by atoms with Crippen molar-refractivity contribution in [3.8, 4) is 0 Å². The molecule has 0 heterocycles. The molecule has 2 rings (SSSR count). The second-order valence-corrected chi connectivity index (χ2v) is 8.21. The van der Waals surface area contributed by atoms with Gasteiger partial charge in [0.1, 0.15) is 6.61 Å². The first-order chi connectivity index (χ1) is 13.6. The van der Waals surface area contributed by atoms with Gasteiger partial charge in [-0.15, -0.1) is 11.8 Å². The van der Waals surface area contributed by atoms with Crippen molar-refractivity contribution in [1.82, 2.24) is 4.90 Å². The third kappa shape index (κ3) is 5.48. The van der Waals surface area contributed by atoms with Gasteiger partial charge < -0.3 is 9.64 Å². The fourth-order valence-electron chi connectivity index (χ4n) is 3.24. The quantitative estimate of drug-likeness (QED) is 0.384. The van der Waals surface area contributed by atoms with E-state index in [2.05, 4.69) is 0 Å². The molecule has 0 N–H and O–H groups in total. The van der Waals surface area contributed by atoms with E-state index in [1.54, 1.807) is 39.2 Å². The molecular weight excluding hydrogens is 386 g/mol. The highest BCUT2D eigenvalue weighted by molar-refractivity contribution is 8.00. The van der Waals surface area contributed by atoms with Crippen molar-refractivity contribution < 1.29 is 19.1 Å². The Balaban J connectivity index is 2.20. The lowest BCUT2D eigenvalue weighted by atomic mass is 9.92. The molecule has 0 fully saturated rings. The maximum absolute atomic E-state index is 12.7. The summed E-state index contributed by atoms with van der Waals surface area (Å²) in [6, 6.07) is 9.04. The molecule has 0 spiro atoms. The molecule has 0 radical (unpaired) electrons. The second-order valence-electron chi connectivity index (χ2n) is 7.19. The van der Waals surface area contributed by atoms with E-state index in [0.717, 1.165) is 22.3 Å². The van der Waals surface area contributed by atoms with Crippen molar-refractivity contribution in [2.24, 2.45) is 0 Å². The van der Waals surface area contributed by atoms with Crippen LogP contribution in [0.15, 0.2) is 35.2 Å². The first kappa shape index (κ1) is 22.7. The summed E-state index contributed by atoms with van der Waals surface area (Å²) in [4.78, 5) is 38.8. The molecule has 6 heteroatoms. The van der Waals surface area contributed by atoms with Gasteiger partial charge in [-0.2, -0.15) is 0 Å². The van der Waals surface area contributed by atoms with Gasteiger partial charge in [0.15, 0.2) is 5.78 Å². The average molecular weight is 414 g/mol. The number of hydrogen-bond donors (Lipinski definition) is 0. The van der Waals surface area contributed by atoms with Gasteiger partial charge in [0, 0.05) is 24.6 Å². The Labute approximate surface area is 176 Å². The Hall–Kier alpha value is -2.60. The number of aryl methyl sites for hydroxylation is 2. The summed E-state index contributed by atoms with van der Waals surface area (Å²) in [6.45, 7) is 7.38. The molecule has 0 aliphatic rings. The van der Waals surface area contributed by atoms with Gasteiger partial charge in [-0.3, -0.25) is 9.59 Å². The number of carbonyl (C=O) groups excluding carboxylic acids is 3. The lowest BCUT2D eigenvalue weighted by Gasteiger charge is -2.16. The normalized spacial score (nSPS) is 10.6. The minimum atomic E-state index is -0.450. The largest absolute Gasteiger partial charge is 0.457 e. The molecule has 1 amide bonds. The number of carbonyl (C=O) groups is 3.